The molecule has 0 bridgehead atoms. The van der Waals surface area contributed by atoms with E-state index in [-0.39, 0.29) is 25.3 Å². The molecule has 104 heavy (non-hydrogen) atoms. The lowest BCUT2D eigenvalue weighted by molar-refractivity contribution is 0.876. The van der Waals surface area contributed by atoms with Crippen LogP contribution in [0.1, 0.15) is 72.9 Å². The molecule has 18 rings (SSSR count). The molecule has 2 heterocycles. The molecule has 2 aliphatic heterocycles. The molecule has 2 aliphatic rings. The molecule has 0 fully saturated rings. The minimum absolute atomic E-state index is 0.0852. The summed E-state index contributed by atoms with van der Waals surface area (Å²) in [6.07, 6.45) is 0. The van der Waals surface area contributed by atoms with Crippen molar-refractivity contribution in [3.63, 3.8) is 0 Å². The van der Waals surface area contributed by atoms with Gasteiger partial charge >= 0.3 is 0 Å². The summed E-state index contributed by atoms with van der Waals surface area (Å²) in [7, 11) is 0. The molecule has 16 aromatic rings. The van der Waals surface area contributed by atoms with Gasteiger partial charge in [0.2, 0.25) is 13.4 Å². The van der Waals surface area contributed by atoms with Gasteiger partial charge in [-0.15, -0.1) is 0 Å². The molecule has 0 atom stereocenters. The molecule has 4 nitrogen and oxygen atoms in total. The molecule has 498 valence electrons. The monoisotopic (exact) mass is 1330 g/mol. The molecule has 0 amide bonds. The Morgan fingerprint density at radius 3 is 0.596 bits per heavy atom. The third-order valence-electron chi connectivity index (χ3n) is 22.3. The van der Waals surface area contributed by atoms with Crippen LogP contribution in [-0.4, -0.2) is 13.4 Å². The van der Waals surface area contributed by atoms with Gasteiger partial charge in [-0.25, -0.2) is 0 Å². The maximum Gasteiger partial charge on any atom is 0.244 e. The number of para-hydroxylation sites is 8. The topological polar surface area (TPSA) is 13.0 Å². The van der Waals surface area contributed by atoms with E-state index in [4.69, 9.17) is 0 Å². The second kappa shape index (κ2) is 26.1. The van der Waals surface area contributed by atoms with Gasteiger partial charge in [0, 0.05) is 68.2 Å². The van der Waals surface area contributed by atoms with E-state index >= 15 is 0 Å². The van der Waals surface area contributed by atoms with Gasteiger partial charge in [0.05, 0.1) is 0 Å². The van der Waals surface area contributed by atoms with Gasteiger partial charge in [-0.3, -0.25) is 0 Å². The Morgan fingerprint density at radius 2 is 0.404 bits per heavy atom. The van der Waals surface area contributed by atoms with E-state index in [1.54, 1.807) is 0 Å². The second-order valence-corrected chi connectivity index (χ2v) is 29.3. The Balaban J connectivity index is 0.899. The quantitative estimate of drug-likeness (QED) is 0.0706. The first-order chi connectivity index (χ1) is 50.9. The van der Waals surface area contributed by atoms with E-state index in [2.05, 4.69) is 403 Å². The fourth-order valence-corrected chi connectivity index (χ4v) is 17.9. The number of rotatable bonds is 16. The zero-order valence-electron chi connectivity index (χ0n) is 60.3. The van der Waals surface area contributed by atoms with Crippen LogP contribution in [0.3, 0.4) is 0 Å². The normalized spacial score (nSPS) is 12.2. The summed E-state index contributed by atoms with van der Waals surface area (Å²) in [5, 5.41) is 8.02. The van der Waals surface area contributed by atoms with Gasteiger partial charge in [-0.2, -0.15) is 0 Å². The van der Waals surface area contributed by atoms with Crippen molar-refractivity contribution in [2.24, 2.45) is 0 Å². The van der Waals surface area contributed by atoms with Crippen LogP contribution in [0, 0.1) is 27.7 Å². The van der Waals surface area contributed by atoms with Crippen LogP contribution >= 0.6 is 0 Å². The second-order valence-electron chi connectivity index (χ2n) is 29.3. The lowest BCUT2D eigenvalue weighted by atomic mass is 9.36. The van der Waals surface area contributed by atoms with Gasteiger partial charge in [0.25, 0.3) is 0 Å². The van der Waals surface area contributed by atoms with Crippen molar-refractivity contribution in [2.45, 2.75) is 67.2 Å². The molecule has 0 saturated heterocycles. The van der Waals surface area contributed by atoms with Crippen molar-refractivity contribution in [2.75, 3.05) is 19.6 Å². The van der Waals surface area contributed by atoms with Crippen molar-refractivity contribution < 1.29 is 0 Å². The fourth-order valence-electron chi connectivity index (χ4n) is 17.9. The molecule has 0 unspecified atom stereocenters. The molecule has 0 radical (unpaired) electrons. The number of fused-ring (bicyclic) bond motifs is 6. The van der Waals surface area contributed by atoms with Gasteiger partial charge in [-0.05, 0) is 251 Å². The van der Waals surface area contributed by atoms with Crippen molar-refractivity contribution >= 4 is 147 Å². The highest BCUT2D eigenvalue weighted by atomic mass is 15.2. The van der Waals surface area contributed by atoms with E-state index in [0.717, 1.165) is 68.2 Å². The van der Waals surface area contributed by atoms with E-state index < -0.39 is 0 Å². The Hall–Kier alpha value is -12.1. The SMILES string of the molecule is Cc1cc(N(c2ccccc2)c2ccccc2)cc2c1B(c1cc(C(C)C)c3ccc4c(C(C)C)cc(B5c6c(C)cc(N(c7ccccc7)c7ccccc7)cc6-c6cc(N(c7ccccc7)c7ccccc7)cc(C)c65)c5ccc1c3c54)c1c(C)cc(N(c3ccccc3)c3ccccc3)cc1-2. The summed E-state index contributed by atoms with van der Waals surface area (Å²) in [6, 6.07) is 122. The van der Waals surface area contributed by atoms with Gasteiger partial charge in [-0.1, -0.05) is 265 Å². The fraction of sp³-hybridized carbons (Fsp3) is 0.102. The molecule has 6 heteroatoms. The highest BCUT2D eigenvalue weighted by Gasteiger charge is 2.42. The number of hydrogen-bond acceptors (Lipinski definition) is 4. The third kappa shape index (κ3) is 10.7. The summed E-state index contributed by atoms with van der Waals surface area (Å²) in [5.74, 6) is 0.454. The highest BCUT2D eigenvalue weighted by molar-refractivity contribution is 7.02. The standard InChI is InChI=1S/C98H80B2N4/c1-63(2)85-61-91(99-95-65(5)53-77(101(69-33-17-9-18-34-69)70-35-19-10-20-36-70)57-87(95)88-58-78(54-66(6)96(88)99)102(71-37-21-11-22-38-71)72-39-23-12-24-40-72)83-51-52-84-92(62-86(64(3)4)82-50-49-81(85)93(83)94(82)84)100-97-67(7)55-79(103(73-41-25-13-26-42-73)74-43-27-14-28-44-74)59-89(97)90-60-80(56-68(8)98(90)100)104(75-45-29-15-30-46-75)76-47-31-16-32-48-76/h9-64H,1-8H3. The molecule has 0 aliphatic carbocycles. The zero-order chi connectivity index (χ0) is 70.4. The first kappa shape index (κ1) is 64.0. The molecular formula is C98H80B2N4. The average Bonchev–Trinajstić information content (AvgIpc) is 1.55. The van der Waals surface area contributed by atoms with E-state index in [9.17, 15) is 0 Å². The first-order valence-corrected chi connectivity index (χ1v) is 36.9. The molecular weight excluding hydrogens is 1250 g/mol. The Bertz CT molecular complexity index is 5110. The van der Waals surface area contributed by atoms with Crippen molar-refractivity contribution in [1.82, 2.24) is 0 Å². The molecule has 0 N–H and O–H groups in total. The van der Waals surface area contributed by atoms with Crippen LogP contribution in [0.2, 0.25) is 0 Å². The summed E-state index contributed by atoms with van der Waals surface area (Å²) < 4.78 is 0. The van der Waals surface area contributed by atoms with Crippen LogP contribution in [0.5, 0.6) is 0 Å². The van der Waals surface area contributed by atoms with Crippen LogP contribution < -0.4 is 52.4 Å². The number of aryl methyl sites for hydroxylation is 4. The molecule has 0 aromatic heterocycles. The molecule has 16 aromatic carbocycles. The highest BCUT2D eigenvalue weighted by Crippen LogP contribution is 2.47. The maximum absolute atomic E-state index is 2.63. The van der Waals surface area contributed by atoms with Crippen molar-refractivity contribution in [1.29, 1.82) is 0 Å². The molecule has 0 spiro atoms. The summed E-state index contributed by atoms with van der Waals surface area (Å²) in [5.41, 5.74) is 34.5. The largest absolute Gasteiger partial charge is 0.310 e. The number of anilines is 12. The van der Waals surface area contributed by atoms with Crippen LogP contribution in [0.25, 0.3) is 54.6 Å². The van der Waals surface area contributed by atoms with Crippen LogP contribution in [0.4, 0.5) is 68.2 Å². The van der Waals surface area contributed by atoms with E-state index in [1.165, 1.54) is 121 Å². The zero-order valence-corrected chi connectivity index (χ0v) is 60.3. The Kier molecular flexibility index (Phi) is 16.0. The smallest absolute Gasteiger partial charge is 0.244 e. The minimum Gasteiger partial charge on any atom is -0.310 e. The van der Waals surface area contributed by atoms with E-state index in [1.807, 2.05) is 0 Å². The van der Waals surface area contributed by atoms with Gasteiger partial charge in [0.15, 0.2) is 0 Å². The van der Waals surface area contributed by atoms with Gasteiger partial charge in [0.1, 0.15) is 0 Å². The molecule has 0 saturated carbocycles. The van der Waals surface area contributed by atoms with Gasteiger partial charge < -0.3 is 19.6 Å². The predicted molar refractivity (Wildman–Crippen MR) is 449 cm³/mol. The van der Waals surface area contributed by atoms with Crippen molar-refractivity contribution in [3.05, 3.63) is 361 Å². The van der Waals surface area contributed by atoms with Crippen molar-refractivity contribution in [3.8, 4) is 22.3 Å². The van der Waals surface area contributed by atoms with Crippen LogP contribution in [-0.2, 0) is 0 Å². The summed E-state index contributed by atoms with van der Waals surface area (Å²) in [4.78, 5) is 9.74. The lowest BCUT2D eigenvalue weighted by Gasteiger charge is -2.28. The minimum atomic E-state index is -0.0852. The van der Waals surface area contributed by atoms with Crippen LogP contribution in [0.15, 0.2) is 328 Å². The Morgan fingerprint density at radius 1 is 0.212 bits per heavy atom. The van der Waals surface area contributed by atoms with E-state index in [0.29, 0.717) is 0 Å². The number of nitrogens with zero attached hydrogens (tertiary/aromatic N) is 4. The summed E-state index contributed by atoms with van der Waals surface area (Å²) >= 11 is 0. The number of benzene rings is 16. The third-order valence-corrected chi connectivity index (χ3v) is 22.3. The lowest BCUT2D eigenvalue weighted by Crippen LogP contribution is -2.52. The average molecular weight is 1340 g/mol. The first-order valence-electron chi connectivity index (χ1n) is 36.9. The number of hydrogen-bond donors (Lipinski definition) is 0. The summed E-state index contributed by atoms with van der Waals surface area (Å²) in [6.45, 7) is 19.0. The Labute approximate surface area is 612 Å². The maximum atomic E-state index is 2.63. The predicted octanol–water partition coefficient (Wildman–Crippen LogP) is 22.9.